The molecule has 2 aromatic carbocycles. The van der Waals surface area contributed by atoms with E-state index in [4.69, 9.17) is 10.5 Å². The summed E-state index contributed by atoms with van der Waals surface area (Å²) in [4.78, 5) is 0. The number of nitrogens with two attached hydrogens (primary N) is 1. The Morgan fingerprint density at radius 2 is 1.70 bits per heavy atom. The summed E-state index contributed by atoms with van der Waals surface area (Å²) in [6, 6.07) is 6.23. The van der Waals surface area contributed by atoms with Crippen LogP contribution in [0.2, 0.25) is 0 Å². The van der Waals surface area contributed by atoms with Crippen LogP contribution in [0.25, 0.3) is 0 Å². The zero-order valence-corrected chi connectivity index (χ0v) is 12.7. The zero-order chi connectivity index (χ0) is 14.9. The molecular weight excluding hydrogens is 328 g/mol. The monoisotopic (exact) mass is 341 g/mol. The Morgan fingerprint density at radius 1 is 1.10 bits per heavy atom. The Labute approximate surface area is 124 Å². The third kappa shape index (κ3) is 2.99. The first-order valence-electron chi connectivity index (χ1n) is 5.98. The van der Waals surface area contributed by atoms with Crippen LogP contribution in [-0.2, 0) is 0 Å². The summed E-state index contributed by atoms with van der Waals surface area (Å²) in [6.07, 6.45) is 0. The molecule has 2 N–H and O–H groups in total. The first-order chi connectivity index (χ1) is 9.42. The molecule has 0 heterocycles. The summed E-state index contributed by atoms with van der Waals surface area (Å²) in [5, 5.41) is 0. The molecular formula is C15H14BrF2NO. The van der Waals surface area contributed by atoms with Crippen LogP contribution >= 0.6 is 15.9 Å². The van der Waals surface area contributed by atoms with Crippen molar-refractivity contribution >= 4 is 15.9 Å². The number of ether oxygens (including phenoxy) is 1. The van der Waals surface area contributed by atoms with Crippen LogP contribution in [0.4, 0.5) is 8.78 Å². The predicted octanol–water partition coefficient (Wildman–Crippen LogP) is 4.09. The van der Waals surface area contributed by atoms with Crippen LogP contribution in [0, 0.1) is 18.6 Å². The van der Waals surface area contributed by atoms with Gasteiger partial charge in [0.1, 0.15) is 17.4 Å². The molecule has 0 radical (unpaired) electrons. The van der Waals surface area contributed by atoms with Crippen molar-refractivity contribution in [3.8, 4) is 5.75 Å². The number of halogens is 3. The second-order valence-corrected chi connectivity index (χ2v) is 5.38. The predicted molar refractivity (Wildman–Crippen MR) is 77.8 cm³/mol. The molecule has 0 bridgehead atoms. The third-order valence-electron chi connectivity index (χ3n) is 3.09. The molecule has 2 aromatic rings. The van der Waals surface area contributed by atoms with Gasteiger partial charge < -0.3 is 10.5 Å². The van der Waals surface area contributed by atoms with Gasteiger partial charge in [0.05, 0.1) is 13.2 Å². The molecule has 0 saturated heterocycles. The lowest BCUT2D eigenvalue weighted by Gasteiger charge is -2.18. The molecule has 0 aliphatic rings. The normalized spacial score (nSPS) is 12.3. The minimum Gasteiger partial charge on any atom is -0.496 e. The van der Waals surface area contributed by atoms with E-state index in [1.807, 2.05) is 19.1 Å². The fraction of sp³-hybridized carbons (Fsp3) is 0.200. The van der Waals surface area contributed by atoms with Gasteiger partial charge in [-0.1, -0.05) is 15.9 Å². The molecule has 0 aliphatic heterocycles. The van der Waals surface area contributed by atoms with Crippen LogP contribution in [0.1, 0.15) is 22.7 Å². The van der Waals surface area contributed by atoms with E-state index in [0.717, 1.165) is 16.1 Å². The van der Waals surface area contributed by atoms with Gasteiger partial charge in [-0.05, 0) is 42.3 Å². The van der Waals surface area contributed by atoms with E-state index in [0.29, 0.717) is 16.9 Å². The van der Waals surface area contributed by atoms with E-state index in [1.165, 1.54) is 19.2 Å². The summed E-state index contributed by atoms with van der Waals surface area (Å²) >= 11 is 3.42. The van der Waals surface area contributed by atoms with Gasteiger partial charge >= 0.3 is 0 Å². The van der Waals surface area contributed by atoms with E-state index in [9.17, 15) is 8.78 Å². The molecule has 0 amide bonds. The first-order valence-corrected chi connectivity index (χ1v) is 6.77. The molecule has 2 nitrogen and oxygen atoms in total. The Kier molecular flexibility index (Phi) is 4.40. The number of hydrogen-bond donors (Lipinski definition) is 1. The molecule has 106 valence electrons. The van der Waals surface area contributed by atoms with Crippen molar-refractivity contribution < 1.29 is 13.5 Å². The fourth-order valence-electron chi connectivity index (χ4n) is 2.02. The quantitative estimate of drug-likeness (QED) is 0.912. The number of benzene rings is 2. The summed E-state index contributed by atoms with van der Waals surface area (Å²) in [5.74, 6) is -0.718. The van der Waals surface area contributed by atoms with Crippen molar-refractivity contribution in [2.24, 2.45) is 5.73 Å². The highest BCUT2D eigenvalue weighted by molar-refractivity contribution is 9.10. The van der Waals surface area contributed by atoms with Crippen LogP contribution in [0.5, 0.6) is 5.75 Å². The molecule has 1 unspecified atom stereocenters. The van der Waals surface area contributed by atoms with E-state index in [1.54, 1.807) is 0 Å². The van der Waals surface area contributed by atoms with Gasteiger partial charge in [-0.3, -0.25) is 0 Å². The zero-order valence-electron chi connectivity index (χ0n) is 11.1. The van der Waals surface area contributed by atoms with Gasteiger partial charge in [0, 0.05) is 16.1 Å². The average Bonchev–Trinajstić information content (AvgIpc) is 2.39. The standard InChI is InChI=1S/C15H14BrF2NO/c1-8-3-14(20-2)12(7-13(8)16)15(19)9-4-10(17)6-11(18)5-9/h3-7,15H,19H2,1-2H3. The maximum Gasteiger partial charge on any atom is 0.126 e. The maximum absolute atomic E-state index is 13.3. The van der Waals surface area contributed by atoms with Crippen molar-refractivity contribution in [2.75, 3.05) is 7.11 Å². The Balaban J connectivity index is 2.52. The molecule has 2 rings (SSSR count). The van der Waals surface area contributed by atoms with Gasteiger partial charge in [0.2, 0.25) is 0 Å². The molecule has 0 saturated carbocycles. The number of methoxy groups -OCH3 is 1. The van der Waals surface area contributed by atoms with E-state index in [2.05, 4.69) is 15.9 Å². The van der Waals surface area contributed by atoms with Crippen molar-refractivity contribution in [3.63, 3.8) is 0 Å². The van der Waals surface area contributed by atoms with E-state index < -0.39 is 17.7 Å². The highest BCUT2D eigenvalue weighted by atomic mass is 79.9. The molecule has 1 atom stereocenters. The van der Waals surface area contributed by atoms with Crippen molar-refractivity contribution in [1.82, 2.24) is 0 Å². The van der Waals surface area contributed by atoms with Crippen LogP contribution in [-0.4, -0.2) is 7.11 Å². The molecule has 20 heavy (non-hydrogen) atoms. The maximum atomic E-state index is 13.3. The lowest BCUT2D eigenvalue weighted by atomic mass is 9.97. The van der Waals surface area contributed by atoms with Crippen LogP contribution in [0.15, 0.2) is 34.8 Å². The lowest BCUT2D eigenvalue weighted by molar-refractivity contribution is 0.407. The minimum absolute atomic E-state index is 0.358. The topological polar surface area (TPSA) is 35.2 Å². The summed E-state index contributed by atoms with van der Waals surface area (Å²) < 4.78 is 32.7. The van der Waals surface area contributed by atoms with Gasteiger partial charge in [-0.25, -0.2) is 8.78 Å². The van der Waals surface area contributed by atoms with Crippen LogP contribution in [0.3, 0.4) is 0 Å². The van der Waals surface area contributed by atoms with E-state index in [-0.39, 0.29) is 0 Å². The Bertz CT molecular complexity index is 626. The van der Waals surface area contributed by atoms with Gasteiger partial charge in [0.15, 0.2) is 0 Å². The summed E-state index contributed by atoms with van der Waals surface area (Å²) in [7, 11) is 1.53. The molecule has 0 aromatic heterocycles. The smallest absolute Gasteiger partial charge is 0.126 e. The lowest BCUT2D eigenvalue weighted by Crippen LogP contribution is -2.14. The Hall–Kier alpha value is -1.46. The van der Waals surface area contributed by atoms with Crippen molar-refractivity contribution in [3.05, 3.63) is 63.1 Å². The molecule has 0 spiro atoms. The highest BCUT2D eigenvalue weighted by Gasteiger charge is 2.17. The first kappa shape index (κ1) is 14.9. The number of rotatable bonds is 3. The van der Waals surface area contributed by atoms with Gasteiger partial charge in [0.25, 0.3) is 0 Å². The molecule has 0 aliphatic carbocycles. The second-order valence-electron chi connectivity index (χ2n) is 4.52. The summed E-state index contributed by atoms with van der Waals surface area (Å²) in [6.45, 7) is 1.92. The SMILES string of the molecule is COc1cc(C)c(Br)cc1C(N)c1cc(F)cc(F)c1. The summed E-state index contributed by atoms with van der Waals surface area (Å²) in [5.41, 5.74) is 8.12. The highest BCUT2D eigenvalue weighted by Crippen LogP contribution is 2.33. The molecule has 5 heteroatoms. The van der Waals surface area contributed by atoms with Gasteiger partial charge in [-0.2, -0.15) is 0 Å². The van der Waals surface area contributed by atoms with Crippen molar-refractivity contribution in [2.45, 2.75) is 13.0 Å². The third-order valence-corrected chi connectivity index (χ3v) is 3.94. The Morgan fingerprint density at radius 3 is 2.25 bits per heavy atom. The average molecular weight is 342 g/mol. The van der Waals surface area contributed by atoms with Crippen LogP contribution < -0.4 is 10.5 Å². The van der Waals surface area contributed by atoms with E-state index >= 15 is 0 Å². The molecule has 0 fully saturated rings. The minimum atomic E-state index is -0.674. The number of aryl methyl sites for hydroxylation is 1. The largest absolute Gasteiger partial charge is 0.496 e. The van der Waals surface area contributed by atoms with Crippen molar-refractivity contribution in [1.29, 1.82) is 0 Å². The van der Waals surface area contributed by atoms with Gasteiger partial charge in [-0.15, -0.1) is 0 Å². The fourth-order valence-corrected chi connectivity index (χ4v) is 2.39. The number of hydrogen-bond acceptors (Lipinski definition) is 2. The second kappa shape index (κ2) is 5.89.